The number of azo groups is 3. The third kappa shape index (κ3) is 8.23. The standard InChI is InChI=1S/C31H25N7O10S2/c1-16-10-20(35-38-29-27(49-48-47-42)12-18-13-28(50(43,44)45)23(32)15-22(18)30(29)39)6-8-24(16)36-37-25-9-7-21(14-26(25)46-2)34-33-19-5-3-4-17(11-19)31(40)41/h3-15,39,42H,32H2,1-2H3,(H,40,41)(H,43,44,45). The summed E-state index contributed by atoms with van der Waals surface area (Å²) in [6, 6.07) is 19.4. The summed E-state index contributed by atoms with van der Waals surface area (Å²) >= 11 is 0.448. The van der Waals surface area contributed by atoms with E-state index in [1.807, 2.05) is 0 Å². The second kappa shape index (κ2) is 15.2. The van der Waals surface area contributed by atoms with Crippen molar-refractivity contribution in [3.8, 4) is 11.5 Å². The number of methoxy groups -OCH3 is 1. The van der Waals surface area contributed by atoms with Crippen LogP contribution in [0, 0.1) is 6.92 Å². The highest BCUT2D eigenvalue weighted by Crippen LogP contribution is 2.45. The van der Waals surface area contributed by atoms with Crippen molar-refractivity contribution in [3.05, 3.63) is 90.0 Å². The molecule has 0 bridgehead atoms. The Kier molecular flexibility index (Phi) is 10.8. The number of carbonyl (C=O) groups is 1. The average Bonchev–Trinajstić information content (AvgIpc) is 3.09. The number of hydrogen-bond donors (Lipinski definition) is 5. The SMILES string of the molecule is COc1cc(N=Nc2cccc(C(=O)O)c2)ccc1N=Nc1ccc(N=Nc2c(SOOO)cc3cc(S(=O)(=O)O)c(N)cc3c2O)cc1C. The molecule has 0 unspecified atom stereocenters. The number of aryl methyl sites for hydroxylation is 1. The van der Waals surface area contributed by atoms with Crippen LogP contribution in [0.3, 0.4) is 0 Å². The van der Waals surface area contributed by atoms with Crippen LogP contribution in [-0.4, -0.2) is 41.5 Å². The maximum Gasteiger partial charge on any atom is 0.335 e. The number of carboxylic acid groups (broad SMARTS) is 1. The van der Waals surface area contributed by atoms with Gasteiger partial charge in [0.05, 0.1) is 58.0 Å². The number of anilines is 1. The first-order valence-electron chi connectivity index (χ1n) is 14.0. The van der Waals surface area contributed by atoms with Crippen LogP contribution < -0.4 is 10.5 Å². The lowest BCUT2D eigenvalue weighted by Gasteiger charge is -2.11. The number of aromatic carboxylic acids is 1. The summed E-state index contributed by atoms with van der Waals surface area (Å²) in [6.07, 6.45) is 0. The van der Waals surface area contributed by atoms with Crippen LogP contribution in [0.2, 0.25) is 0 Å². The highest BCUT2D eigenvalue weighted by Gasteiger charge is 2.20. The van der Waals surface area contributed by atoms with Gasteiger partial charge in [-0.25, -0.2) is 10.1 Å². The smallest absolute Gasteiger partial charge is 0.335 e. The number of carboxylic acids is 1. The number of nitrogens with two attached hydrogens (primary N) is 1. The molecule has 0 aliphatic rings. The molecule has 0 radical (unpaired) electrons. The van der Waals surface area contributed by atoms with Gasteiger partial charge < -0.3 is 20.7 Å². The molecule has 0 saturated carbocycles. The van der Waals surface area contributed by atoms with E-state index in [1.165, 1.54) is 25.3 Å². The number of ether oxygens (including phenoxy) is 1. The molecule has 0 spiro atoms. The molecule has 50 heavy (non-hydrogen) atoms. The summed E-state index contributed by atoms with van der Waals surface area (Å²) in [4.78, 5) is 10.7. The van der Waals surface area contributed by atoms with Crippen molar-refractivity contribution in [2.75, 3.05) is 12.8 Å². The monoisotopic (exact) mass is 719 g/mol. The highest BCUT2D eigenvalue weighted by atomic mass is 32.2. The van der Waals surface area contributed by atoms with Gasteiger partial charge in [0, 0.05) is 11.5 Å². The van der Waals surface area contributed by atoms with Gasteiger partial charge in [-0.3, -0.25) is 4.55 Å². The molecule has 19 heteroatoms. The van der Waals surface area contributed by atoms with E-state index in [1.54, 1.807) is 55.5 Å². The van der Waals surface area contributed by atoms with Gasteiger partial charge >= 0.3 is 5.97 Å². The Morgan fingerprint density at radius 1 is 0.840 bits per heavy atom. The molecule has 0 aliphatic heterocycles. The molecule has 0 atom stereocenters. The van der Waals surface area contributed by atoms with Crippen LogP contribution in [-0.2, 0) is 19.5 Å². The molecule has 0 aliphatic carbocycles. The van der Waals surface area contributed by atoms with Gasteiger partial charge in [0.1, 0.15) is 22.0 Å². The summed E-state index contributed by atoms with van der Waals surface area (Å²) in [6.45, 7) is 1.77. The van der Waals surface area contributed by atoms with Gasteiger partial charge in [-0.1, -0.05) is 11.1 Å². The molecule has 0 fully saturated rings. The summed E-state index contributed by atoms with van der Waals surface area (Å²) in [5, 5.41) is 57.9. The number of nitrogen functional groups attached to an aromatic ring is 1. The van der Waals surface area contributed by atoms with Crippen molar-refractivity contribution in [2.45, 2.75) is 16.7 Å². The number of fused-ring (bicyclic) bond motifs is 1. The minimum absolute atomic E-state index is 0.0647. The van der Waals surface area contributed by atoms with Crippen LogP contribution in [0.1, 0.15) is 15.9 Å². The zero-order valence-corrected chi connectivity index (χ0v) is 27.5. The summed E-state index contributed by atoms with van der Waals surface area (Å²) in [7, 11) is -3.20. The fraction of sp³-hybridized carbons (Fsp3) is 0.0645. The lowest BCUT2D eigenvalue weighted by molar-refractivity contribution is -0.432. The Morgan fingerprint density at radius 3 is 2.16 bits per heavy atom. The number of nitrogens with zero attached hydrogens (tertiary/aromatic N) is 6. The van der Waals surface area contributed by atoms with E-state index >= 15 is 0 Å². The molecule has 17 nitrogen and oxygen atoms in total. The van der Waals surface area contributed by atoms with E-state index < -0.39 is 26.7 Å². The van der Waals surface area contributed by atoms with Crippen LogP contribution in [0.15, 0.2) is 119 Å². The topological polar surface area (TPSA) is 260 Å². The van der Waals surface area contributed by atoms with Crippen molar-refractivity contribution in [2.24, 2.45) is 30.7 Å². The number of hydrogen-bond acceptors (Lipinski definition) is 16. The summed E-state index contributed by atoms with van der Waals surface area (Å²) in [5.74, 6) is -1.15. The van der Waals surface area contributed by atoms with Crippen LogP contribution in [0.5, 0.6) is 11.5 Å². The van der Waals surface area contributed by atoms with Crippen molar-refractivity contribution in [1.82, 2.24) is 0 Å². The molecular weight excluding hydrogens is 695 g/mol. The molecule has 0 saturated heterocycles. The lowest BCUT2D eigenvalue weighted by atomic mass is 10.1. The minimum atomic E-state index is -4.66. The van der Waals surface area contributed by atoms with E-state index in [9.17, 15) is 22.9 Å². The maximum absolute atomic E-state index is 11.7. The van der Waals surface area contributed by atoms with Gasteiger partial charge in [0.25, 0.3) is 10.1 Å². The molecule has 5 rings (SSSR count). The molecule has 6 N–H and O–H groups in total. The molecule has 256 valence electrons. The first-order valence-corrected chi connectivity index (χ1v) is 16.1. The zero-order chi connectivity index (χ0) is 36.0. The third-order valence-corrected chi connectivity index (χ3v) is 8.39. The Labute approximate surface area is 287 Å². The third-order valence-electron chi connectivity index (χ3n) is 6.86. The van der Waals surface area contributed by atoms with Crippen LogP contribution in [0.25, 0.3) is 10.8 Å². The Morgan fingerprint density at radius 2 is 1.50 bits per heavy atom. The van der Waals surface area contributed by atoms with E-state index in [0.29, 0.717) is 51.8 Å². The van der Waals surface area contributed by atoms with Gasteiger partial charge in [0.2, 0.25) is 0 Å². The zero-order valence-electron chi connectivity index (χ0n) is 25.8. The fourth-order valence-electron chi connectivity index (χ4n) is 4.48. The number of benzene rings is 5. The molecule has 0 aromatic heterocycles. The van der Waals surface area contributed by atoms with E-state index in [4.69, 9.17) is 20.8 Å². The van der Waals surface area contributed by atoms with Crippen molar-refractivity contribution >= 4 is 78.7 Å². The van der Waals surface area contributed by atoms with Gasteiger partial charge in [-0.2, -0.15) is 28.9 Å². The van der Waals surface area contributed by atoms with E-state index in [2.05, 4.69) is 40.1 Å². The predicted molar refractivity (Wildman–Crippen MR) is 181 cm³/mol. The number of phenols is 1. The number of aromatic hydroxyl groups is 1. The number of rotatable bonds is 12. The largest absolute Gasteiger partial charge is 0.505 e. The van der Waals surface area contributed by atoms with E-state index in [-0.39, 0.29) is 32.6 Å². The second-order valence-electron chi connectivity index (χ2n) is 10.2. The lowest BCUT2D eigenvalue weighted by Crippen LogP contribution is -2.03. The first kappa shape index (κ1) is 35.5. The van der Waals surface area contributed by atoms with Crippen molar-refractivity contribution in [3.63, 3.8) is 0 Å². The Bertz CT molecular complexity index is 2320. The minimum Gasteiger partial charge on any atom is -0.505 e. The van der Waals surface area contributed by atoms with Gasteiger partial charge in [0.15, 0.2) is 5.75 Å². The average molecular weight is 720 g/mol. The molecule has 0 heterocycles. The predicted octanol–water partition coefficient (Wildman–Crippen LogP) is 9.06. The maximum atomic E-state index is 11.7. The fourth-order valence-corrected chi connectivity index (χ4v) is 5.61. The summed E-state index contributed by atoms with van der Waals surface area (Å²) in [5.41, 5.74) is 8.18. The molecule has 5 aromatic rings. The normalized spacial score (nSPS) is 12.1. The highest BCUT2D eigenvalue weighted by molar-refractivity contribution is 7.94. The Balaban J connectivity index is 1.38. The molecule has 5 aromatic carbocycles. The van der Waals surface area contributed by atoms with Gasteiger partial charge in [-0.05, 0) is 84.6 Å². The quantitative estimate of drug-likeness (QED) is 0.0202. The van der Waals surface area contributed by atoms with Crippen LogP contribution in [0.4, 0.5) is 39.8 Å². The first-order chi connectivity index (χ1) is 23.9. The van der Waals surface area contributed by atoms with Crippen LogP contribution >= 0.6 is 12.0 Å². The van der Waals surface area contributed by atoms with E-state index in [0.717, 1.165) is 12.1 Å². The van der Waals surface area contributed by atoms with Gasteiger partial charge in [-0.15, -0.1) is 14.6 Å². The molecular formula is C31H25N7O10S2. The number of phenolic OH excluding ortho intramolecular Hbond substituents is 1. The van der Waals surface area contributed by atoms with Crippen molar-refractivity contribution in [1.29, 1.82) is 0 Å². The molecule has 0 amide bonds. The Hall–Kier alpha value is -5.83. The van der Waals surface area contributed by atoms with Crippen molar-refractivity contribution < 1.29 is 47.3 Å². The summed E-state index contributed by atoms with van der Waals surface area (Å²) < 4.78 is 42.9. The second-order valence-corrected chi connectivity index (χ2v) is 12.3.